The van der Waals surface area contributed by atoms with Crippen LogP contribution in [0.5, 0.6) is 5.88 Å². The maximum Gasteiger partial charge on any atom is 1.00 e. The van der Waals surface area contributed by atoms with E-state index in [4.69, 9.17) is 0 Å². The predicted octanol–water partition coefficient (Wildman–Crippen LogP) is -3.59. The monoisotopic (exact) mass is 148 g/mol. The molecule has 1 heterocycles. The number of rotatable bonds is 1. The molecule has 0 atom stereocenters. The van der Waals surface area contributed by atoms with Crippen LogP contribution < -0.4 is 45.0 Å². The summed E-state index contributed by atoms with van der Waals surface area (Å²) in [6.07, 6.45) is 1.36. The second kappa shape index (κ2) is 4.49. The Labute approximate surface area is 79.9 Å². The zero-order valence-electron chi connectivity index (χ0n) is 5.87. The average molecular weight is 148 g/mol. The van der Waals surface area contributed by atoms with E-state index in [-0.39, 0.29) is 29.6 Å². The Balaban J connectivity index is 0.000000810. The van der Waals surface area contributed by atoms with Gasteiger partial charge >= 0.3 is 29.6 Å². The molecule has 1 aromatic heterocycles. The van der Waals surface area contributed by atoms with Crippen molar-refractivity contribution in [1.82, 2.24) is 9.97 Å². The molecule has 0 aliphatic rings. The van der Waals surface area contributed by atoms with Crippen molar-refractivity contribution in [2.75, 3.05) is 7.11 Å². The zero-order chi connectivity index (χ0) is 6.69. The van der Waals surface area contributed by atoms with Crippen LogP contribution in [0.3, 0.4) is 0 Å². The van der Waals surface area contributed by atoms with Crippen LogP contribution in [0.15, 0.2) is 17.1 Å². The number of nitrogens with zero attached hydrogens (tertiary/aromatic N) is 2. The summed E-state index contributed by atoms with van der Waals surface area (Å²) in [5.74, 6) is 0.301. The van der Waals surface area contributed by atoms with Gasteiger partial charge in [0.05, 0.1) is 7.11 Å². The van der Waals surface area contributed by atoms with Gasteiger partial charge in [-0.15, -0.1) is 0 Å². The predicted molar refractivity (Wildman–Crippen MR) is 30.4 cm³/mol. The molecule has 0 aliphatic heterocycles. The Morgan fingerprint density at radius 2 is 2.40 bits per heavy atom. The molecule has 0 saturated heterocycles. The van der Waals surface area contributed by atoms with Crippen LogP contribution in [0.2, 0.25) is 0 Å². The summed E-state index contributed by atoms with van der Waals surface area (Å²) in [5.41, 5.74) is -0.519. The van der Waals surface area contributed by atoms with Crippen molar-refractivity contribution in [3.63, 3.8) is 0 Å². The average Bonchev–Trinajstić information content (AvgIpc) is 1.88. The van der Waals surface area contributed by atoms with Gasteiger partial charge in [-0.1, -0.05) is 6.20 Å². The first-order chi connectivity index (χ1) is 4.33. The number of ether oxygens (including phenoxy) is 1. The topological polar surface area (TPSA) is 53.3 Å². The van der Waals surface area contributed by atoms with Crippen molar-refractivity contribution >= 4 is 0 Å². The fourth-order valence-electron chi connectivity index (χ4n) is 0.439. The van der Waals surface area contributed by atoms with Crippen LogP contribution in [0, 0.1) is 0 Å². The fourth-order valence-corrected chi connectivity index (χ4v) is 0.439. The van der Waals surface area contributed by atoms with E-state index in [0.29, 0.717) is 5.88 Å². The summed E-state index contributed by atoms with van der Waals surface area (Å²) in [6, 6.07) is 1.52. The molecule has 0 aliphatic carbocycles. The van der Waals surface area contributed by atoms with Crippen LogP contribution >= 0.6 is 0 Å². The number of hydrogen-bond acceptors (Lipinski definition) is 3. The van der Waals surface area contributed by atoms with Gasteiger partial charge in [0.2, 0.25) is 0 Å². The SMILES string of the molecule is COc1cc[n-]c(=O)n1.[Na+]. The van der Waals surface area contributed by atoms with Crippen molar-refractivity contribution in [1.29, 1.82) is 0 Å². The minimum atomic E-state index is -0.519. The summed E-state index contributed by atoms with van der Waals surface area (Å²) in [7, 11) is 1.45. The largest absolute Gasteiger partial charge is 1.00 e. The van der Waals surface area contributed by atoms with E-state index in [9.17, 15) is 4.79 Å². The van der Waals surface area contributed by atoms with Gasteiger partial charge in [0.1, 0.15) is 5.88 Å². The second-order valence-corrected chi connectivity index (χ2v) is 1.38. The Hall–Kier alpha value is -0.320. The van der Waals surface area contributed by atoms with E-state index in [1.165, 1.54) is 19.4 Å². The summed E-state index contributed by atoms with van der Waals surface area (Å²) >= 11 is 0. The van der Waals surface area contributed by atoms with Gasteiger partial charge in [-0.3, -0.25) is 4.79 Å². The Kier molecular flexibility index (Phi) is 4.34. The van der Waals surface area contributed by atoms with E-state index in [0.717, 1.165) is 0 Å². The van der Waals surface area contributed by atoms with E-state index < -0.39 is 5.69 Å². The van der Waals surface area contributed by atoms with E-state index >= 15 is 0 Å². The van der Waals surface area contributed by atoms with Crippen LogP contribution in [0.4, 0.5) is 0 Å². The maximum absolute atomic E-state index is 10.3. The first-order valence-electron chi connectivity index (χ1n) is 2.37. The van der Waals surface area contributed by atoms with Crippen molar-refractivity contribution in [3.05, 3.63) is 22.7 Å². The molecular weight excluding hydrogens is 143 g/mol. The molecule has 0 amide bonds. The van der Waals surface area contributed by atoms with Crippen LogP contribution in [-0.4, -0.2) is 12.1 Å². The zero-order valence-corrected chi connectivity index (χ0v) is 7.87. The summed E-state index contributed by atoms with van der Waals surface area (Å²) in [4.78, 5) is 17.1. The van der Waals surface area contributed by atoms with Crippen LogP contribution in [0.25, 0.3) is 0 Å². The summed E-state index contributed by atoms with van der Waals surface area (Å²) in [5, 5.41) is 0. The van der Waals surface area contributed by atoms with Crippen LogP contribution in [0.1, 0.15) is 0 Å². The molecule has 0 N–H and O–H groups in total. The molecule has 0 unspecified atom stereocenters. The molecule has 0 bridgehead atoms. The van der Waals surface area contributed by atoms with Gasteiger partial charge in [0, 0.05) is 0 Å². The molecule has 10 heavy (non-hydrogen) atoms. The Morgan fingerprint density at radius 3 is 2.80 bits per heavy atom. The van der Waals surface area contributed by atoms with Crippen molar-refractivity contribution in [2.24, 2.45) is 0 Å². The molecule has 48 valence electrons. The fraction of sp³-hybridized carbons (Fsp3) is 0.200. The molecular formula is C5H5N2NaO2. The van der Waals surface area contributed by atoms with Gasteiger partial charge in [-0.05, 0) is 6.07 Å². The molecule has 0 aromatic carbocycles. The minimum absolute atomic E-state index is 0. The molecule has 1 aromatic rings. The number of methoxy groups -OCH3 is 1. The van der Waals surface area contributed by atoms with Crippen molar-refractivity contribution < 1.29 is 34.3 Å². The molecule has 0 spiro atoms. The van der Waals surface area contributed by atoms with Gasteiger partial charge in [-0.25, -0.2) is 0 Å². The quantitative estimate of drug-likeness (QED) is 0.386. The van der Waals surface area contributed by atoms with E-state index in [1.807, 2.05) is 0 Å². The van der Waals surface area contributed by atoms with E-state index in [1.54, 1.807) is 0 Å². The third kappa shape index (κ3) is 2.51. The van der Waals surface area contributed by atoms with Crippen LogP contribution in [-0.2, 0) is 0 Å². The first-order valence-corrected chi connectivity index (χ1v) is 2.37. The summed E-state index contributed by atoms with van der Waals surface area (Å²) in [6.45, 7) is 0. The van der Waals surface area contributed by atoms with Crippen molar-refractivity contribution in [2.45, 2.75) is 0 Å². The van der Waals surface area contributed by atoms with Crippen molar-refractivity contribution in [3.8, 4) is 5.88 Å². The maximum atomic E-state index is 10.3. The van der Waals surface area contributed by atoms with Gasteiger partial charge in [-0.2, -0.15) is 0 Å². The number of hydrogen-bond donors (Lipinski definition) is 0. The molecule has 0 radical (unpaired) electrons. The van der Waals surface area contributed by atoms with E-state index in [2.05, 4.69) is 14.7 Å². The summed E-state index contributed by atoms with van der Waals surface area (Å²) < 4.78 is 4.64. The van der Waals surface area contributed by atoms with Gasteiger partial charge in [0.25, 0.3) is 0 Å². The third-order valence-corrected chi connectivity index (χ3v) is 0.817. The normalized spacial score (nSPS) is 8.10. The Bertz CT molecular complexity index is 247. The smallest absolute Gasteiger partial charge is 0.500 e. The molecule has 5 heteroatoms. The number of aromatic nitrogens is 2. The third-order valence-electron chi connectivity index (χ3n) is 0.817. The molecule has 0 saturated carbocycles. The minimum Gasteiger partial charge on any atom is -0.500 e. The standard InChI is InChI=1S/C5H6N2O2.Na/c1-9-4-2-3-6-5(8)7-4;/h2-3H,1H3,(H,6,7,8);/q;+1/p-1. The molecule has 0 fully saturated rings. The Morgan fingerprint density at radius 1 is 1.70 bits per heavy atom. The first kappa shape index (κ1) is 9.68. The van der Waals surface area contributed by atoms with Gasteiger partial charge < -0.3 is 14.7 Å². The second-order valence-electron chi connectivity index (χ2n) is 1.38. The molecule has 4 nitrogen and oxygen atoms in total. The molecule has 1 rings (SSSR count). The van der Waals surface area contributed by atoms with Gasteiger partial charge in [0.15, 0.2) is 5.69 Å².